The van der Waals surface area contributed by atoms with E-state index in [0.29, 0.717) is 12.8 Å². The van der Waals surface area contributed by atoms with Gasteiger partial charge in [-0.25, -0.2) is 0 Å². The molecule has 0 heterocycles. The van der Waals surface area contributed by atoms with Gasteiger partial charge < -0.3 is 10.8 Å². The van der Waals surface area contributed by atoms with Crippen LogP contribution in [-0.2, 0) is 6.42 Å². The lowest BCUT2D eigenvalue weighted by Gasteiger charge is -2.25. The van der Waals surface area contributed by atoms with Crippen LogP contribution in [0.4, 0.5) is 0 Å². The molecule has 0 aliphatic rings. The second-order valence-corrected chi connectivity index (χ2v) is 3.68. The van der Waals surface area contributed by atoms with Crippen molar-refractivity contribution in [2.24, 2.45) is 5.73 Å². The zero-order valence-corrected chi connectivity index (χ0v) is 8.32. The maximum absolute atomic E-state index is 9.20. The van der Waals surface area contributed by atoms with Crippen LogP contribution in [-0.4, -0.2) is 17.3 Å². The smallest absolute Gasteiger partial charge is 0.0617 e. The quantitative estimate of drug-likeness (QED) is 0.693. The monoisotopic (exact) mass is 191 g/mol. The summed E-state index contributed by atoms with van der Waals surface area (Å²) < 4.78 is 0. The maximum Gasteiger partial charge on any atom is 0.0617 e. The minimum atomic E-state index is -0.566. The van der Waals surface area contributed by atoms with Gasteiger partial charge in [0.05, 0.1) is 6.61 Å². The van der Waals surface area contributed by atoms with Gasteiger partial charge in [0, 0.05) is 5.54 Å². The number of benzene rings is 1. The van der Waals surface area contributed by atoms with E-state index in [1.54, 1.807) is 6.08 Å². The normalized spacial score (nSPS) is 14.7. The number of hydrogen-bond donors (Lipinski definition) is 2. The number of nitrogens with two attached hydrogens (primary N) is 1. The third kappa shape index (κ3) is 2.98. The van der Waals surface area contributed by atoms with Crippen molar-refractivity contribution >= 4 is 0 Å². The zero-order chi connectivity index (χ0) is 10.4. The Balaban J connectivity index is 2.70. The summed E-state index contributed by atoms with van der Waals surface area (Å²) in [7, 11) is 0. The van der Waals surface area contributed by atoms with E-state index in [4.69, 9.17) is 5.73 Å². The van der Waals surface area contributed by atoms with Gasteiger partial charge in [0.15, 0.2) is 0 Å². The van der Waals surface area contributed by atoms with E-state index in [-0.39, 0.29) is 6.61 Å². The summed E-state index contributed by atoms with van der Waals surface area (Å²) in [4.78, 5) is 0. The average Bonchev–Trinajstić information content (AvgIpc) is 2.20. The molecule has 3 N–H and O–H groups in total. The first kappa shape index (κ1) is 11.0. The van der Waals surface area contributed by atoms with Crippen LogP contribution in [0.25, 0.3) is 0 Å². The molecule has 0 saturated heterocycles. The molecule has 0 spiro atoms. The van der Waals surface area contributed by atoms with Crippen molar-refractivity contribution in [1.82, 2.24) is 0 Å². The molecule has 0 saturated carbocycles. The minimum Gasteiger partial charge on any atom is -0.394 e. The van der Waals surface area contributed by atoms with Gasteiger partial charge in [0.1, 0.15) is 0 Å². The largest absolute Gasteiger partial charge is 0.394 e. The molecule has 2 nitrogen and oxygen atoms in total. The van der Waals surface area contributed by atoms with Gasteiger partial charge in [-0.15, -0.1) is 6.58 Å². The Morgan fingerprint density at radius 1 is 1.36 bits per heavy atom. The Labute approximate surface area is 85.1 Å². The third-order valence-corrected chi connectivity index (χ3v) is 2.26. The molecule has 0 aliphatic carbocycles. The SMILES string of the molecule is C=CC[C@](N)(CO)Cc1ccccc1. The van der Waals surface area contributed by atoms with E-state index in [1.165, 1.54) is 0 Å². The summed E-state index contributed by atoms with van der Waals surface area (Å²) in [6.07, 6.45) is 3.05. The Morgan fingerprint density at radius 3 is 2.50 bits per heavy atom. The van der Waals surface area contributed by atoms with Crippen molar-refractivity contribution in [3.63, 3.8) is 0 Å². The van der Waals surface area contributed by atoms with Gasteiger partial charge in [0.2, 0.25) is 0 Å². The summed E-state index contributed by atoms with van der Waals surface area (Å²) >= 11 is 0. The molecular formula is C12H17NO. The van der Waals surface area contributed by atoms with Crippen LogP contribution in [0.1, 0.15) is 12.0 Å². The summed E-state index contributed by atoms with van der Waals surface area (Å²) in [6.45, 7) is 3.62. The van der Waals surface area contributed by atoms with E-state index in [0.717, 1.165) is 5.56 Å². The molecule has 0 radical (unpaired) electrons. The van der Waals surface area contributed by atoms with Crippen LogP contribution in [0.3, 0.4) is 0 Å². The van der Waals surface area contributed by atoms with E-state index in [2.05, 4.69) is 6.58 Å². The van der Waals surface area contributed by atoms with Crippen LogP contribution >= 0.6 is 0 Å². The predicted octanol–water partition coefficient (Wildman–Crippen LogP) is 1.50. The third-order valence-electron chi connectivity index (χ3n) is 2.26. The minimum absolute atomic E-state index is 0.0199. The second kappa shape index (κ2) is 4.94. The van der Waals surface area contributed by atoms with Crippen LogP contribution in [0.5, 0.6) is 0 Å². The highest BCUT2D eigenvalue weighted by atomic mass is 16.3. The van der Waals surface area contributed by atoms with Crippen LogP contribution in [0.2, 0.25) is 0 Å². The first-order valence-corrected chi connectivity index (χ1v) is 4.75. The number of rotatable bonds is 5. The molecule has 1 aromatic carbocycles. The van der Waals surface area contributed by atoms with Crippen molar-refractivity contribution in [3.05, 3.63) is 48.6 Å². The number of hydrogen-bond acceptors (Lipinski definition) is 2. The Morgan fingerprint density at radius 2 is 2.00 bits per heavy atom. The fraction of sp³-hybridized carbons (Fsp3) is 0.333. The van der Waals surface area contributed by atoms with E-state index in [9.17, 15) is 5.11 Å². The maximum atomic E-state index is 9.20. The van der Waals surface area contributed by atoms with Crippen LogP contribution in [0, 0.1) is 0 Å². The van der Waals surface area contributed by atoms with Crippen molar-refractivity contribution in [2.75, 3.05) is 6.61 Å². The molecule has 1 atom stereocenters. The van der Waals surface area contributed by atoms with Crippen LogP contribution in [0.15, 0.2) is 43.0 Å². The standard InChI is InChI=1S/C12H17NO/c1-2-8-12(13,10-14)9-11-6-4-3-5-7-11/h2-7,14H,1,8-10,13H2/t12-/m1/s1. The van der Waals surface area contributed by atoms with Gasteiger partial charge in [-0.2, -0.15) is 0 Å². The topological polar surface area (TPSA) is 46.2 Å². The molecule has 76 valence electrons. The molecule has 0 bridgehead atoms. The summed E-state index contributed by atoms with van der Waals surface area (Å²) in [5.74, 6) is 0. The Hall–Kier alpha value is -1.12. The lowest BCUT2D eigenvalue weighted by Crippen LogP contribution is -2.45. The first-order valence-electron chi connectivity index (χ1n) is 4.75. The Bertz CT molecular complexity index is 284. The predicted molar refractivity (Wildman–Crippen MR) is 59.0 cm³/mol. The summed E-state index contributed by atoms with van der Waals surface area (Å²) in [6, 6.07) is 9.94. The molecule has 0 aliphatic heterocycles. The summed E-state index contributed by atoms with van der Waals surface area (Å²) in [5.41, 5.74) is 6.60. The molecule has 0 unspecified atom stereocenters. The van der Waals surface area contributed by atoms with Gasteiger partial charge in [0.25, 0.3) is 0 Å². The lowest BCUT2D eigenvalue weighted by molar-refractivity contribution is 0.196. The van der Waals surface area contributed by atoms with Crippen molar-refractivity contribution in [1.29, 1.82) is 0 Å². The molecule has 0 aromatic heterocycles. The van der Waals surface area contributed by atoms with Gasteiger partial charge >= 0.3 is 0 Å². The number of aliphatic hydroxyl groups is 1. The molecule has 1 rings (SSSR count). The summed E-state index contributed by atoms with van der Waals surface area (Å²) in [5, 5.41) is 9.20. The molecule has 1 aromatic rings. The molecule has 2 heteroatoms. The van der Waals surface area contributed by atoms with Crippen LogP contribution < -0.4 is 5.73 Å². The fourth-order valence-electron chi connectivity index (χ4n) is 1.48. The highest BCUT2D eigenvalue weighted by molar-refractivity contribution is 5.18. The van der Waals surface area contributed by atoms with Gasteiger partial charge in [-0.05, 0) is 18.4 Å². The fourth-order valence-corrected chi connectivity index (χ4v) is 1.48. The van der Waals surface area contributed by atoms with Gasteiger partial charge in [-0.1, -0.05) is 36.4 Å². The molecular weight excluding hydrogens is 174 g/mol. The first-order chi connectivity index (χ1) is 6.70. The highest BCUT2D eigenvalue weighted by Gasteiger charge is 2.22. The van der Waals surface area contributed by atoms with Gasteiger partial charge in [-0.3, -0.25) is 0 Å². The molecule has 0 fully saturated rings. The zero-order valence-electron chi connectivity index (χ0n) is 8.32. The molecule has 0 amide bonds. The highest BCUT2D eigenvalue weighted by Crippen LogP contribution is 2.14. The van der Waals surface area contributed by atoms with Crippen molar-refractivity contribution in [3.8, 4) is 0 Å². The van der Waals surface area contributed by atoms with E-state index < -0.39 is 5.54 Å². The van der Waals surface area contributed by atoms with E-state index >= 15 is 0 Å². The number of aliphatic hydroxyl groups excluding tert-OH is 1. The van der Waals surface area contributed by atoms with E-state index in [1.807, 2.05) is 30.3 Å². The lowest BCUT2D eigenvalue weighted by atomic mass is 9.89. The van der Waals surface area contributed by atoms with Crippen molar-refractivity contribution < 1.29 is 5.11 Å². The second-order valence-electron chi connectivity index (χ2n) is 3.68. The van der Waals surface area contributed by atoms with Crippen molar-refractivity contribution in [2.45, 2.75) is 18.4 Å². The molecule has 14 heavy (non-hydrogen) atoms. The Kier molecular flexibility index (Phi) is 3.86. The average molecular weight is 191 g/mol.